The fourth-order valence-electron chi connectivity index (χ4n) is 2.77. The number of amides is 1. The number of methoxy groups -OCH3 is 1. The van der Waals surface area contributed by atoms with Gasteiger partial charge in [0.25, 0.3) is 10.0 Å². The zero-order valence-electron chi connectivity index (χ0n) is 16.9. The van der Waals surface area contributed by atoms with Crippen LogP contribution in [0, 0.1) is 20.8 Å². The Bertz CT molecular complexity index is 909. The van der Waals surface area contributed by atoms with Gasteiger partial charge >= 0.3 is 0 Å². The van der Waals surface area contributed by atoms with Crippen molar-refractivity contribution in [3.8, 4) is 0 Å². The van der Waals surface area contributed by atoms with Gasteiger partial charge in [-0.05, 0) is 56.5 Å². The van der Waals surface area contributed by atoms with Crippen LogP contribution < -0.4 is 9.62 Å². The second-order valence-corrected chi connectivity index (χ2v) is 8.60. The quantitative estimate of drug-likeness (QED) is 0.652. The third-order valence-electron chi connectivity index (χ3n) is 4.59. The molecule has 0 saturated heterocycles. The lowest BCUT2D eigenvalue weighted by atomic mass is 10.1. The van der Waals surface area contributed by atoms with Gasteiger partial charge in [-0.15, -0.1) is 0 Å². The SMILES string of the molecule is COCCCNC(=O)CN(c1cccc(C)c1C)S(=O)(=O)c1ccc(C)cc1. The van der Waals surface area contributed by atoms with E-state index in [-0.39, 0.29) is 17.3 Å². The predicted octanol–water partition coefficient (Wildman–Crippen LogP) is 2.96. The number of hydrogen-bond acceptors (Lipinski definition) is 4. The fourth-order valence-corrected chi connectivity index (χ4v) is 4.25. The van der Waals surface area contributed by atoms with Gasteiger partial charge in [0.2, 0.25) is 5.91 Å². The Morgan fingerprint density at radius 2 is 1.75 bits per heavy atom. The lowest BCUT2D eigenvalue weighted by molar-refractivity contribution is -0.119. The molecule has 7 heteroatoms. The molecule has 1 amide bonds. The van der Waals surface area contributed by atoms with Crippen molar-refractivity contribution in [3.05, 3.63) is 59.2 Å². The van der Waals surface area contributed by atoms with Crippen molar-refractivity contribution in [1.82, 2.24) is 5.32 Å². The average Bonchev–Trinajstić information content (AvgIpc) is 2.66. The van der Waals surface area contributed by atoms with Gasteiger partial charge < -0.3 is 10.1 Å². The smallest absolute Gasteiger partial charge is 0.264 e. The van der Waals surface area contributed by atoms with Gasteiger partial charge in [-0.25, -0.2) is 8.42 Å². The summed E-state index contributed by atoms with van der Waals surface area (Å²) in [6.45, 7) is 6.35. The first-order valence-corrected chi connectivity index (χ1v) is 10.6. The molecule has 0 saturated carbocycles. The van der Waals surface area contributed by atoms with E-state index in [0.29, 0.717) is 25.3 Å². The maximum atomic E-state index is 13.3. The Kier molecular flexibility index (Phi) is 7.60. The number of nitrogens with zero attached hydrogens (tertiary/aromatic N) is 1. The van der Waals surface area contributed by atoms with Crippen LogP contribution in [0.25, 0.3) is 0 Å². The lowest BCUT2D eigenvalue weighted by Crippen LogP contribution is -2.41. The highest BCUT2D eigenvalue weighted by Gasteiger charge is 2.28. The molecule has 28 heavy (non-hydrogen) atoms. The highest BCUT2D eigenvalue weighted by molar-refractivity contribution is 7.92. The van der Waals surface area contributed by atoms with Gasteiger partial charge in [-0.1, -0.05) is 29.8 Å². The molecule has 1 N–H and O–H groups in total. The topological polar surface area (TPSA) is 75.7 Å². The molecule has 0 fully saturated rings. The van der Waals surface area contributed by atoms with E-state index in [1.165, 1.54) is 4.31 Å². The van der Waals surface area contributed by atoms with Gasteiger partial charge in [-0.2, -0.15) is 0 Å². The second kappa shape index (κ2) is 9.71. The van der Waals surface area contributed by atoms with E-state index in [0.717, 1.165) is 16.7 Å². The molecule has 2 aromatic rings. The highest BCUT2D eigenvalue weighted by Crippen LogP contribution is 2.28. The van der Waals surface area contributed by atoms with Gasteiger partial charge in [-0.3, -0.25) is 9.10 Å². The Balaban J connectivity index is 2.37. The number of carbonyl (C=O) groups excluding carboxylic acids is 1. The Hall–Kier alpha value is -2.38. The van der Waals surface area contributed by atoms with Crippen LogP contribution in [0.1, 0.15) is 23.1 Å². The van der Waals surface area contributed by atoms with E-state index in [9.17, 15) is 13.2 Å². The van der Waals surface area contributed by atoms with Crippen LogP contribution in [0.2, 0.25) is 0 Å². The Morgan fingerprint density at radius 3 is 2.39 bits per heavy atom. The molecule has 2 rings (SSSR count). The number of rotatable bonds is 9. The summed E-state index contributed by atoms with van der Waals surface area (Å²) in [4.78, 5) is 12.6. The number of nitrogens with one attached hydrogen (secondary N) is 1. The van der Waals surface area contributed by atoms with E-state index >= 15 is 0 Å². The maximum absolute atomic E-state index is 13.3. The third kappa shape index (κ3) is 5.33. The summed E-state index contributed by atoms with van der Waals surface area (Å²) < 4.78 is 32.8. The minimum atomic E-state index is -3.89. The van der Waals surface area contributed by atoms with Gasteiger partial charge in [0, 0.05) is 20.3 Å². The molecule has 0 unspecified atom stereocenters. The molecule has 0 atom stereocenters. The first-order chi connectivity index (χ1) is 13.3. The van der Waals surface area contributed by atoms with Crippen LogP contribution in [0.15, 0.2) is 47.4 Å². The minimum Gasteiger partial charge on any atom is -0.385 e. The molecule has 0 aliphatic carbocycles. The van der Waals surface area contributed by atoms with Crippen LogP contribution in [-0.4, -0.2) is 41.1 Å². The van der Waals surface area contributed by atoms with E-state index in [4.69, 9.17) is 4.74 Å². The number of sulfonamides is 1. The van der Waals surface area contributed by atoms with Crippen LogP contribution in [-0.2, 0) is 19.6 Å². The third-order valence-corrected chi connectivity index (χ3v) is 6.36. The van der Waals surface area contributed by atoms with Crippen LogP contribution >= 0.6 is 0 Å². The Labute approximate surface area is 167 Å². The van der Waals surface area contributed by atoms with Crippen molar-refractivity contribution in [2.75, 3.05) is 31.1 Å². The number of ether oxygens (including phenoxy) is 1. The Morgan fingerprint density at radius 1 is 1.07 bits per heavy atom. The van der Waals surface area contributed by atoms with Crippen molar-refractivity contribution >= 4 is 21.6 Å². The summed E-state index contributed by atoms with van der Waals surface area (Å²) in [5.74, 6) is -0.354. The van der Waals surface area contributed by atoms with Gasteiger partial charge in [0.15, 0.2) is 0 Å². The van der Waals surface area contributed by atoms with Crippen molar-refractivity contribution in [2.24, 2.45) is 0 Å². The molecule has 6 nitrogen and oxygen atoms in total. The van der Waals surface area contributed by atoms with E-state index < -0.39 is 10.0 Å². The summed E-state index contributed by atoms with van der Waals surface area (Å²) in [7, 11) is -2.30. The van der Waals surface area contributed by atoms with Crippen molar-refractivity contribution < 1.29 is 17.9 Å². The molecule has 0 spiro atoms. The first-order valence-electron chi connectivity index (χ1n) is 9.18. The molecule has 2 aromatic carbocycles. The average molecular weight is 405 g/mol. The monoisotopic (exact) mass is 404 g/mol. The minimum absolute atomic E-state index is 0.159. The number of aryl methyl sites for hydroxylation is 2. The summed E-state index contributed by atoms with van der Waals surface area (Å²) in [6.07, 6.45) is 0.663. The zero-order valence-corrected chi connectivity index (χ0v) is 17.7. The summed E-state index contributed by atoms with van der Waals surface area (Å²) >= 11 is 0. The highest BCUT2D eigenvalue weighted by atomic mass is 32.2. The number of hydrogen-bond donors (Lipinski definition) is 1. The summed E-state index contributed by atoms with van der Waals surface area (Å²) in [5.41, 5.74) is 3.26. The van der Waals surface area contributed by atoms with E-state index in [1.54, 1.807) is 43.5 Å². The molecule has 0 aromatic heterocycles. The summed E-state index contributed by atoms with van der Waals surface area (Å²) in [6, 6.07) is 12.1. The van der Waals surface area contributed by atoms with Crippen LogP contribution in [0.5, 0.6) is 0 Å². The zero-order chi connectivity index (χ0) is 20.7. The van der Waals surface area contributed by atoms with Crippen molar-refractivity contribution in [1.29, 1.82) is 0 Å². The van der Waals surface area contributed by atoms with E-state index in [1.807, 2.05) is 26.8 Å². The maximum Gasteiger partial charge on any atom is 0.264 e. The number of benzene rings is 2. The van der Waals surface area contributed by atoms with Crippen LogP contribution in [0.4, 0.5) is 5.69 Å². The molecule has 0 aliphatic heterocycles. The van der Waals surface area contributed by atoms with Crippen molar-refractivity contribution in [3.63, 3.8) is 0 Å². The standard InChI is InChI=1S/C21H28N2O4S/c1-16-9-11-19(12-10-16)28(25,26)23(15-21(24)22-13-6-14-27-4)20-8-5-7-17(2)18(20)3/h5,7-12H,6,13-15H2,1-4H3,(H,22,24). The number of carbonyl (C=O) groups is 1. The molecular weight excluding hydrogens is 376 g/mol. The predicted molar refractivity (Wildman–Crippen MR) is 111 cm³/mol. The van der Waals surface area contributed by atoms with Crippen molar-refractivity contribution in [2.45, 2.75) is 32.1 Å². The molecule has 0 aliphatic rings. The van der Waals surface area contributed by atoms with E-state index in [2.05, 4.69) is 5.32 Å². The molecule has 0 bridgehead atoms. The van der Waals surface area contributed by atoms with Gasteiger partial charge in [0.05, 0.1) is 10.6 Å². The first kappa shape index (κ1) is 21.9. The molecule has 152 valence electrons. The molecule has 0 radical (unpaired) electrons. The summed E-state index contributed by atoms with van der Waals surface area (Å²) in [5, 5.41) is 2.76. The largest absolute Gasteiger partial charge is 0.385 e. The fraction of sp³-hybridized carbons (Fsp3) is 0.381. The lowest BCUT2D eigenvalue weighted by Gasteiger charge is -2.26. The molecule has 0 heterocycles. The second-order valence-electron chi connectivity index (χ2n) is 6.74. The van der Waals surface area contributed by atoms with Crippen LogP contribution in [0.3, 0.4) is 0 Å². The van der Waals surface area contributed by atoms with Gasteiger partial charge in [0.1, 0.15) is 6.54 Å². The normalized spacial score (nSPS) is 11.3. The number of anilines is 1. The molecular formula is C21H28N2O4S.